The predicted molar refractivity (Wildman–Crippen MR) is 225 cm³/mol. The van der Waals surface area contributed by atoms with Crippen LogP contribution in [0.15, 0.2) is 103 Å². The van der Waals surface area contributed by atoms with Gasteiger partial charge in [-0.25, -0.2) is 0 Å². The number of hydrogen-bond donors (Lipinski definition) is 1. The highest BCUT2D eigenvalue weighted by molar-refractivity contribution is 5.97. The van der Waals surface area contributed by atoms with Gasteiger partial charge in [0.15, 0.2) is 0 Å². The SMILES string of the molecule is CC(=O)CN1CCN(C(=O)c2cc(C(F)(F)F)cc(C(F)(F)F)c2)C(Cc2ccccc2)C1.COc1ccccc1C(=O)N1CCN(CC(C)=O)C[C@H]1Cc1c[nH]c2ccccc12. The molecule has 10 nitrogen and oxygen atoms in total. The maximum Gasteiger partial charge on any atom is 0.416 e. The average molecular weight is 878 g/mol. The molecule has 0 radical (unpaired) electrons. The second-order valence-electron chi connectivity index (χ2n) is 15.9. The molecular formula is C47H49F6N5O5. The van der Waals surface area contributed by atoms with Crippen molar-refractivity contribution in [2.45, 2.75) is 51.1 Å². The van der Waals surface area contributed by atoms with Gasteiger partial charge in [-0.15, -0.1) is 0 Å². The van der Waals surface area contributed by atoms with Crippen molar-refractivity contribution in [2.24, 2.45) is 0 Å². The number of aromatic nitrogens is 1. The lowest BCUT2D eigenvalue weighted by Crippen LogP contribution is -2.56. The van der Waals surface area contributed by atoms with Crippen molar-refractivity contribution >= 4 is 34.3 Å². The molecule has 2 aliphatic heterocycles. The van der Waals surface area contributed by atoms with Crippen LogP contribution in [0.2, 0.25) is 0 Å². The largest absolute Gasteiger partial charge is 0.496 e. The number of methoxy groups -OCH3 is 1. The third-order valence-electron chi connectivity index (χ3n) is 11.2. The van der Waals surface area contributed by atoms with Crippen LogP contribution in [0.3, 0.4) is 0 Å². The topological polar surface area (TPSA) is 106 Å². The number of alkyl halides is 6. The highest BCUT2D eigenvalue weighted by Gasteiger charge is 2.39. The highest BCUT2D eigenvalue weighted by Crippen LogP contribution is 2.37. The number of ether oxygens (including phenoxy) is 1. The number of para-hydroxylation sites is 2. The van der Waals surface area contributed by atoms with E-state index in [-0.39, 0.29) is 55.8 Å². The molecule has 0 aliphatic carbocycles. The van der Waals surface area contributed by atoms with E-state index in [1.807, 2.05) is 64.5 Å². The first kappa shape index (κ1) is 46.5. The molecule has 16 heteroatoms. The van der Waals surface area contributed by atoms with Crippen molar-refractivity contribution in [3.63, 3.8) is 0 Å². The number of nitrogens with zero attached hydrogens (tertiary/aromatic N) is 4. The Kier molecular flexibility index (Phi) is 14.8. The van der Waals surface area contributed by atoms with Crippen molar-refractivity contribution < 1.29 is 50.3 Å². The molecule has 0 spiro atoms. The fourth-order valence-corrected chi connectivity index (χ4v) is 8.30. The minimum absolute atomic E-state index is 0.00301. The van der Waals surface area contributed by atoms with Gasteiger partial charge in [-0.2, -0.15) is 26.3 Å². The van der Waals surface area contributed by atoms with E-state index < -0.39 is 41.0 Å². The van der Waals surface area contributed by atoms with Crippen LogP contribution in [0, 0.1) is 0 Å². The van der Waals surface area contributed by atoms with Crippen LogP contribution in [0.25, 0.3) is 10.9 Å². The summed E-state index contributed by atoms with van der Waals surface area (Å²) < 4.78 is 84.9. The van der Waals surface area contributed by atoms with Crippen LogP contribution in [0.1, 0.15) is 56.8 Å². The standard InChI is InChI=1S/C24H27N3O3.C23H22F6N2O2/c1-17(28)15-26-11-12-27(24(29)21-8-4-6-10-23(21)30-2)19(16-26)13-18-14-25-22-9-5-3-7-20(18)22;1-15(32)13-30-7-8-31(20(14-30)9-16-5-3-2-4-6-16)21(33)17-10-18(22(24,25)26)12-19(11-17)23(27,28)29/h3-10,14,19,25H,11-13,15-16H2,1-2H3;2-6,10-12,20H,7-9,13-14H2,1H3/t19-;/m1./s1. The summed E-state index contributed by atoms with van der Waals surface area (Å²) in [5, 5.41) is 1.17. The van der Waals surface area contributed by atoms with Gasteiger partial charge in [0.25, 0.3) is 11.8 Å². The van der Waals surface area contributed by atoms with Crippen LogP contribution in [-0.4, -0.2) is 120 Å². The number of piperazine rings is 2. The molecule has 2 fully saturated rings. The third-order valence-corrected chi connectivity index (χ3v) is 11.2. The van der Waals surface area contributed by atoms with E-state index in [4.69, 9.17) is 4.74 Å². The zero-order valence-electron chi connectivity index (χ0n) is 35.1. The Morgan fingerprint density at radius 3 is 1.75 bits per heavy atom. The van der Waals surface area contributed by atoms with Crippen LogP contribution in [-0.2, 0) is 34.8 Å². The fourth-order valence-electron chi connectivity index (χ4n) is 8.30. The highest BCUT2D eigenvalue weighted by atomic mass is 19.4. The Labute approximate surface area is 361 Å². The summed E-state index contributed by atoms with van der Waals surface area (Å²) in [6, 6.07) is 24.9. The molecule has 0 bridgehead atoms. The van der Waals surface area contributed by atoms with E-state index in [0.29, 0.717) is 56.0 Å². The zero-order valence-corrected chi connectivity index (χ0v) is 35.1. The van der Waals surface area contributed by atoms with Crippen molar-refractivity contribution in [2.75, 3.05) is 59.5 Å². The van der Waals surface area contributed by atoms with Gasteiger partial charge in [-0.1, -0.05) is 60.7 Å². The Morgan fingerprint density at radius 1 is 0.651 bits per heavy atom. The summed E-state index contributed by atoms with van der Waals surface area (Å²) in [7, 11) is 1.58. The zero-order chi connectivity index (χ0) is 45.5. The molecule has 2 amide bonds. The van der Waals surface area contributed by atoms with E-state index >= 15 is 0 Å². The number of ketones is 2. The lowest BCUT2D eigenvalue weighted by molar-refractivity contribution is -0.143. The molecule has 5 aromatic rings. The number of halogens is 6. The van der Waals surface area contributed by atoms with Crippen LogP contribution in [0.5, 0.6) is 5.75 Å². The van der Waals surface area contributed by atoms with Gasteiger partial charge in [0, 0.05) is 74.0 Å². The van der Waals surface area contributed by atoms with Gasteiger partial charge < -0.3 is 19.5 Å². The Bertz CT molecular complexity index is 2370. The maximum atomic E-state index is 13.5. The molecule has 7 rings (SSSR count). The number of hydrogen-bond acceptors (Lipinski definition) is 7. The molecule has 3 heterocycles. The maximum absolute atomic E-state index is 13.5. The summed E-state index contributed by atoms with van der Waals surface area (Å²) in [4.78, 5) is 60.4. The monoisotopic (exact) mass is 877 g/mol. The van der Waals surface area contributed by atoms with Gasteiger partial charge in [0.1, 0.15) is 17.3 Å². The Morgan fingerprint density at radius 2 is 1.17 bits per heavy atom. The number of benzene rings is 4. The van der Waals surface area contributed by atoms with Gasteiger partial charge in [-0.05, 0) is 74.2 Å². The number of amides is 2. The molecule has 1 N–H and O–H groups in total. The first-order valence-electron chi connectivity index (χ1n) is 20.5. The van der Waals surface area contributed by atoms with Crippen LogP contribution in [0.4, 0.5) is 26.3 Å². The van der Waals surface area contributed by atoms with Gasteiger partial charge in [0.2, 0.25) is 0 Å². The molecular weight excluding hydrogens is 829 g/mol. The lowest BCUT2D eigenvalue weighted by Gasteiger charge is -2.41. The Balaban J connectivity index is 0.000000210. The minimum Gasteiger partial charge on any atom is -0.496 e. The second kappa shape index (κ2) is 20.0. The number of rotatable bonds is 11. The molecule has 1 unspecified atom stereocenters. The number of aromatic amines is 1. The van der Waals surface area contributed by atoms with Crippen molar-refractivity contribution in [3.05, 3.63) is 137 Å². The van der Waals surface area contributed by atoms with E-state index in [2.05, 4.69) is 22.0 Å². The van der Waals surface area contributed by atoms with Gasteiger partial charge in [0.05, 0.1) is 36.9 Å². The number of fused-ring (bicyclic) bond motifs is 1. The quantitative estimate of drug-likeness (QED) is 0.135. The summed E-state index contributed by atoms with van der Waals surface area (Å²) in [5.41, 5.74) is -0.0419. The minimum atomic E-state index is -5.04. The van der Waals surface area contributed by atoms with Gasteiger partial charge >= 0.3 is 12.4 Å². The first-order chi connectivity index (χ1) is 29.9. The third kappa shape index (κ3) is 11.9. The first-order valence-corrected chi connectivity index (χ1v) is 20.5. The Hall–Kier alpha value is -6.00. The summed E-state index contributed by atoms with van der Waals surface area (Å²) in [6.07, 6.45) is -6.99. The smallest absolute Gasteiger partial charge is 0.416 e. The molecule has 63 heavy (non-hydrogen) atoms. The van der Waals surface area contributed by atoms with Crippen molar-refractivity contribution in [1.82, 2.24) is 24.6 Å². The van der Waals surface area contributed by atoms with Crippen molar-refractivity contribution in [1.29, 1.82) is 0 Å². The summed E-state index contributed by atoms with van der Waals surface area (Å²) in [5.74, 6) is -0.291. The van der Waals surface area contributed by atoms with Crippen LogP contribution < -0.4 is 4.74 Å². The van der Waals surface area contributed by atoms with E-state index in [1.54, 1.807) is 32.2 Å². The van der Waals surface area contributed by atoms with E-state index in [1.165, 1.54) is 22.8 Å². The summed E-state index contributed by atoms with van der Waals surface area (Å²) in [6.45, 7) is 6.15. The molecule has 2 aliphatic rings. The van der Waals surface area contributed by atoms with Crippen LogP contribution >= 0.6 is 0 Å². The summed E-state index contributed by atoms with van der Waals surface area (Å²) >= 11 is 0. The number of nitrogens with one attached hydrogen (secondary N) is 1. The molecule has 334 valence electrons. The molecule has 4 aromatic carbocycles. The average Bonchev–Trinajstić information content (AvgIpc) is 3.65. The van der Waals surface area contributed by atoms with E-state index in [9.17, 15) is 45.5 Å². The van der Waals surface area contributed by atoms with E-state index in [0.717, 1.165) is 17.5 Å². The molecule has 2 atom stereocenters. The molecule has 0 saturated carbocycles. The number of Topliss-reactive ketones (excluding diaryl/α,β-unsaturated/α-hetero) is 2. The fraction of sp³-hybridized carbons (Fsp3) is 0.362. The number of H-pyrrole nitrogens is 1. The molecule has 2 saturated heterocycles. The number of carbonyl (C=O) groups excluding carboxylic acids is 4. The molecule has 1 aromatic heterocycles. The van der Waals surface area contributed by atoms with Gasteiger partial charge in [-0.3, -0.25) is 29.0 Å². The van der Waals surface area contributed by atoms with Crippen molar-refractivity contribution in [3.8, 4) is 5.75 Å². The predicted octanol–water partition coefficient (Wildman–Crippen LogP) is 7.82. The normalized spacial score (nSPS) is 17.5. The number of carbonyl (C=O) groups is 4. The second-order valence-corrected chi connectivity index (χ2v) is 15.9. The lowest BCUT2D eigenvalue weighted by atomic mass is 9.99.